The minimum Gasteiger partial charge on any atom is -0.456 e. The average Bonchev–Trinajstić information content (AvgIpc) is 3.77. The molecular weight excluding hydrogens is 587 g/mol. The Kier molecular flexibility index (Phi) is 5.63. The van der Waals surface area contributed by atoms with Crippen molar-refractivity contribution < 1.29 is 8.83 Å². The standard InChI is InChI=1S/C45H31NO2/c1-45(2)37-18-8-6-14-32(37)33-24-22-30(27-38(33)45)46(29-23-25-41-36(26-29)34-15-7-9-20-40(34)47-41)39-19-11-21-42-43(39)35-17-10-16-31(44(35)48-42)28-12-4-3-5-13-28/h3-27H,1-2H3. The minimum atomic E-state index is -0.128. The Labute approximate surface area is 278 Å². The lowest BCUT2D eigenvalue weighted by atomic mass is 9.82. The van der Waals surface area contributed by atoms with E-state index in [2.05, 4.69) is 158 Å². The molecule has 10 rings (SSSR count). The summed E-state index contributed by atoms with van der Waals surface area (Å²) in [6.07, 6.45) is 0. The SMILES string of the molecule is CC1(C)c2ccccc2-c2ccc(N(c3ccc4oc5ccccc5c4c3)c3cccc4oc5c(-c6ccccc6)cccc5c34)cc21. The summed E-state index contributed by atoms with van der Waals surface area (Å²) >= 11 is 0. The van der Waals surface area contributed by atoms with Crippen LogP contribution in [0.2, 0.25) is 0 Å². The van der Waals surface area contributed by atoms with Crippen molar-refractivity contribution in [2.45, 2.75) is 19.3 Å². The van der Waals surface area contributed by atoms with Crippen LogP contribution in [-0.4, -0.2) is 0 Å². The van der Waals surface area contributed by atoms with Gasteiger partial charge in [-0.15, -0.1) is 0 Å². The van der Waals surface area contributed by atoms with Crippen molar-refractivity contribution >= 4 is 60.9 Å². The normalized spacial score (nSPS) is 13.4. The highest BCUT2D eigenvalue weighted by molar-refractivity contribution is 6.16. The van der Waals surface area contributed by atoms with E-state index >= 15 is 0 Å². The smallest absolute Gasteiger partial charge is 0.143 e. The molecule has 0 N–H and O–H groups in total. The van der Waals surface area contributed by atoms with Gasteiger partial charge in [0.15, 0.2) is 0 Å². The molecule has 228 valence electrons. The van der Waals surface area contributed by atoms with Crippen molar-refractivity contribution in [3.05, 3.63) is 163 Å². The monoisotopic (exact) mass is 617 g/mol. The lowest BCUT2D eigenvalue weighted by molar-refractivity contribution is 0.660. The number of benzene rings is 7. The first-order chi connectivity index (χ1) is 23.6. The van der Waals surface area contributed by atoms with Crippen LogP contribution in [0, 0.1) is 0 Å². The van der Waals surface area contributed by atoms with Crippen LogP contribution >= 0.6 is 0 Å². The zero-order valence-corrected chi connectivity index (χ0v) is 26.7. The highest BCUT2D eigenvalue weighted by atomic mass is 16.3. The molecule has 0 fully saturated rings. The van der Waals surface area contributed by atoms with Crippen molar-refractivity contribution in [2.24, 2.45) is 0 Å². The number of nitrogens with zero attached hydrogens (tertiary/aromatic N) is 1. The number of anilines is 3. The van der Waals surface area contributed by atoms with E-state index in [-0.39, 0.29) is 5.41 Å². The Bertz CT molecular complexity index is 2710. The molecule has 0 radical (unpaired) electrons. The van der Waals surface area contributed by atoms with Crippen molar-refractivity contribution in [1.29, 1.82) is 0 Å². The zero-order chi connectivity index (χ0) is 32.0. The van der Waals surface area contributed by atoms with Gasteiger partial charge in [0.05, 0.1) is 11.1 Å². The van der Waals surface area contributed by atoms with Gasteiger partial charge < -0.3 is 13.7 Å². The van der Waals surface area contributed by atoms with Crippen LogP contribution in [0.5, 0.6) is 0 Å². The molecule has 0 atom stereocenters. The Morgan fingerprint density at radius 2 is 1.12 bits per heavy atom. The summed E-state index contributed by atoms with van der Waals surface area (Å²) in [6, 6.07) is 54.0. The van der Waals surface area contributed by atoms with Gasteiger partial charge in [-0.1, -0.05) is 117 Å². The van der Waals surface area contributed by atoms with Gasteiger partial charge in [0.25, 0.3) is 0 Å². The highest BCUT2D eigenvalue weighted by Crippen LogP contribution is 2.52. The van der Waals surface area contributed by atoms with Gasteiger partial charge in [-0.3, -0.25) is 0 Å². The molecule has 1 aliphatic carbocycles. The summed E-state index contributed by atoms with van der Waals surface area (Å²) in [6.45, 7) is 4.68. The van der Waals surface area contributed by atoms with Gasteiger partial charge in [0.1, 0.15) is 22.3 Å². The molecule has 1 aliphatic rings. The molecule has 0 aliphatic heterocycles. The highest BCUT2D eigenvalue weighted by Gasteiger charge is 2.36. The molecule has 2 heterocycles. The van der Waals surface area contributed by atoms with E-state index < -0.39 is 0 Å². The minimum absolute atomic E-state index is 0.128. The fraction of sp³-hybridized carbons (Fsp3) is 0.0667. The Morgan fingerprint density at radius 1 is 0.458 bits per heavy atom. The maximum atomic E-state index is 6.72. The van der Waals surface area contributed by atoms with E-state index in [9.17, 15) is 0 Å². The lowest BCUT2D eigenvalue weighted by Gasteiger charge is -2.28. The van der Waals surface area contributed by atoms with Gasteiger partial charge >= 0.3 is 0 Å². The number of rotatable bonds is 4. The van der Waals surface area contributed by atoms with Gasteiger partial charge in [-0.2, -0.15) is 0 Å². The first-order valence-electron chi connectivity index (χ1n) is 16.5. The zero-order valence-electron chi connectivity index (χ0n) is 26.7. The summed E-state index contributed by atoms with van der Waals surface area (Å²) in [5.41, 5.74) is 14.2. The summed E-state index contributed by atoms with van der Waals surface area (Å²) in [7, 11) is 0. The molecule has 0 bridgehead atoms. The molecule has 0 spiro atoms. The second kappa shape index (κ2) is 9.97. The molecule has 0 amide bonds. The molecule has 7 aromatic carbocycles. The quantitative estimate of drug-likeness (QED) is 0.197. The molecule has 3 heteroatoms. The van der Waals surface area contributed by atoms with E-state index in [4.69, 9.17) is 8.83 Å². The molecule has 0 saturated carbocycles. The molecule has 2 aromatic heterocycles. The van der Waals surface area contributed by atoms with Crippen molar-refractivity contribution in [2.75, 3.05) is 4.90 Å². The fourth-order valence-corrected chi connectivity index (χ4v) is 7.97. The van der Waals surface area contributed by atoms with Crippen molar-refractivity contribution in [3.63, 3.8) is 0 Å². The molecule has 3 nitrogen and oxygen atoms in total. The van der Waals surface area contributed by atoms with Crippen LogP contribution in [0.1, 0.15) is 25.0 Å². The predicted molar refractivity (Wildman–Crippen MR) is 199 cm³/mol. The van der Waals surface area contributed by atoms with Crippen molar-refractivity contribution in [1.82, 2.24) is 0 Å². The second-order valence-corrected chi connectivity index (χ2v) is 13.3. The maximum absolute atomic E-state index is 6.72. The molecule has 48 heavy (non-hydrogen) atoms. The van der Waals surface area contributed by atoms with Crippen molar-refractivity contribution in [3.8, 4) is 22.3 Å². The lowest BCUT2D eigenvalue weighted by Crippen LogP contribution is -2.16. The number of hydrogen-bond donors (Lipinski definition) is 0. The van der Waals surface area contributed by atoms with E-state index in [1.807, 2.05) is 12.1 Å². The Morgan fingerprint density at radius 3 is 2.04 bits per heavy atom. The second-order valence-electron chi connectivity index (χ2n) is 13.3. The van der Waals surface area contributed by atoms with Gasteiger partial charge in [0, 0.05) is 38.5 Å². The third kappa shape index (κ3) is 3.82. The van der Waals surface area contributed by atoms with E-state index in [0.29, 0.717) is 0 Å². The Hall–Kier alpha value is -6.06. The van der Waals surface area contributed by atoms with E-state index in [1.165, 1.54) is 22.3 Å². The molecular formula is C45H31NO2. The van der Waals surface area contributed by atoms with Crippen LogP contribution < -0.4 is 4.90 Å². The van der Waals surface area contributed by atoms with Gasteiger partial charge in [0.2, 0.25) is 0 Å². The maximum Gasteiger partial charge on any atom is 0.143 e. The number of furan rings is 2. The first kappa shape index (κ1) is 27.1. The van der Waals surface area contributed by atoms with E-state index in [0.717, 1.165) is 72.1 Å². The first-order valence-corrected chi connectivity index (χ1v) is 16.5. The van der Waals surface area contributed by atoms with Crippen LogP contribution in [0.3, 0.4) is 0 Å². The number of para-hydroxylation sites is 2. The summed E-state index contributed by atoms with van der Waals surface area (Å²) in [5.74, 6) is 0. The largest absolute Gasteiger partial charge is 0.456 e. The van der Waals surface area contributed by atoms with Crippen LogP contribution in [-0.2, 0) is 5.41 Å². The van der Waals surface area contributed by atoms with Crippen LogP contribution in [0.15, 0.2) is 160 Å². The molecule has 9 aromatic rings. The van der Waals surface area contributed by atoms with Gasteiger partial charge in [-0.05, 0) is 76.3 Å². The third-order valence-corrected chi connectivity index (χ3v) is 10.3. The predicted octanol–water partition coefficient (Wildman–Crippen LogP) is 12.9. The molecule has 0 saturated heterocycles. The molecule has 0 unspecified atom stereocenters. The number of hydrogen-bond acceptors (Lipinski definition) is 3. The summed E-state index contributed by atoms with van der Waals surface area (Å²) in [5, 5.41) is 4.39. The Balaban J connectivity index is 1.26. The van der Waals surface area contributed by atoms with Crippen LogP contribution in [0.4, 0.5) is 17.1 Å². The number of fused-ring (bicyclic) bond motifs is 9. The fourth-order valence-electron chi connectivity index (χ4n) is 7.97. The van der Waals surface area contributed by atoms with E-state index in [1.54, 1.807) is 0 Å². The summed E-state index contributed by atoms with van der Waals surface area (Å²) < 4.78 is 13.0. The average molecular weight is 618 g/mol. The third-order valence-electron chi connectivity index (χ3n) is 10.3. The van der Waals surface area contributed by atoms with Gasteiger partial charge in [-0.25, -0.2) is 0 Å². The van der Waals surface area contributed by atoms with Crippen LogP contribution in [0.25, 0.3) is 66.1 Å². The summed E-state index contributed by atoms with van der Waals surface area (Å²) in [4.78, 5) is 2.40. The topological polar surface area (TPSA) is 29.5 Å².